The number of amides is 4. The van der Waals surface area contributed by atoms with Crippen LogP contribution in [0.4, 0.5) is 5.69 Å². The molecule has 4 amide bonds. The second kappa shape index (κ2) is 16.6. The number of carbonyl (C=O) groups is 4. The Bertz CT molecular complexity index is 1060. The van der Waals surface area contributed by atoms with Gasteiger partial charge in [0.2, 0.25) is 23.6 Å². The molecule has 0 spiro atoms. The lowest BCUT2D eigenvalue weighted by molar-refractivity contribution is -0.139. The highest BCUT2D eigenvalue weighted by Gasteiger charge is 2.42. The van der Waals surface area contributed by atoms with E-state index in [9.17, 15) is 19.2 Å². The summed E-state index contributed by atoms with van der Waals surface area (Å²) < 4.78 is 0. The molecule has 0 aliphatic carbocycles. The van der Waals surface area contributed by atoms with E-state index < -0.39 is 6.04 Å². The van der Waals surface area contributed by atoms with E-state index in [-0.39, 0.29) is 48.4 Å². The van der Waals surface area contributed by atoms with Crippen molar-refractivity contribution in [1.29, 1.82) is 0 Å². The van der Waals surface area contributed by atoms with Crippen molar-refractivity contribution < 1.29 is 19.2 Å². The molecule has 2 aliphatic rings. The fourth-order valence-electron chi connectivity index (χ4n) is 6.13. The number of nitrogens with zero attached hydrogens (tertiary/aromatic N) is 3. The molecule has 2 heterocycles. The predicted molar refractivity (Wildman–Crippen MR) is 167 cm³/mol. The fraction of sp³-hybridized carbons (Fsp3) is 0.697. The van der Waals surface area contributed by atoms with Gasteiger partial charge < -0.3 is 25.3 Å². The largest absolute Gasteiger partial charge is 0.354 e. The number of hydrogen-bond donors (Lipinski definition) is 2. The standard InChI is InChI=1S/C33H53N5O4/c1-6-26-12-7-8-13-28(26)35-30(39)14-15-31(40)38-23-27-21-29(38)33(42)34-16-9-10-17-36(22-25(4)5)18-11-19-37(27)32(41)20-24(2)3/h7-8,12-13,24-25,27,29H,6,9-11,14-23H2,1-5H3,(H,34,42)(H,35,39)/t27-,29-/m0/s1. The third kappa shape index (κ3) is 10.1. The van der Waals surface area contributed by atoms with Gasteiger partial charge in [0.05, 0.1) is 6.04 Å². The monoisotopic (exact) mass is 583 g/mol. The van der Waals surface area contributed by atoms with Gasteiger partial charge in [0.25, 0.3) is 0 Å². The van der Waals surface area contributed by atoms with Gasteiger partial charge in [0, 0.05) is 51.1 Å². The third-order valence-electron chi connectivity index (χ3n) is 8.18. The van der Waals surface area contributed by atoms with E-state index in [4.69, 9.17) is 0 Å². The summed E-state index contributed by atoms with van der Waals surface area (Å²) in [5.74, 6) is 0.248. The number of anilines is 1. The first-order valence-electron chi connectivity index (χ1n) is 16.1. The SMILES string of the molecule is CCc1ccccc1NC(=O)CCC(=O)N1C[C@@H]2C[C@H]1C(=O)NCCCCN(CC(C)C)CCCN2C(=O)CC(C)C. The molecule has 2 fully saturated rings. The van der Waals surface area contributed by atoms with Gasteiger partial charge in [0.15, 0.2) is 0 Å². The van der Waals surface area contributed by atoms with Crippen LogP contribution in [-0.2, 0) is 25.6 Å². The van der Waals surface area contributed by atoms with Crippen LogP contribution in [0.1, 0.15) is 85.1 Å². The molecule has 0 unspecified atom stereocenters. The van der Waals surface area contributed by atoms with E-state index in [0.29, 0.717) is 38.4 Å². The molecule has 1 aromatic rings. The number of likely N-dealkylation sites (tertiary alicyclic amines) is 1. The molecule has 3 rings (SSSR count). The average Bonchev–Trinajstić information content (AvgIpc) is 3.38. The lowest BCUT2D eigenvalue weighted by Gasteiger charge is -2.31. The zero-order valence-corrected chi connectivity index (χ0v) is 26.5. The molecule has 2 N–H and O–H groups in total. The van der Waals surface area contributed by atoms with Crippen molar-refractivity contribution in [3.63, 3.8) is 0 Å². The molecule has 0 aromatic heterocycles. The Morgan fingerprint density at radius 3 is 2.38 bits per heavy atom. The first-order valence-corrected chi connectivity index (χ1v) is 16.1. The van der Waals surface area contributed by atoms with Crippen LogP contribution in [0.15, 0.2) is 24.3 Å². The highest BCUT2D eigenvalue weighted by molar-refractivity contribution is 5.95. The number of aryl methyl sites for hydroxylation is 1. The van der Waals surface area contributed by atoms with Gasteiger partial charge in [-0.15, -0.1) is 0 Å². The van der Waals surface area contributed by atoms with Gasteiger partial charge in [0.1, 0.15) is 6.04 Å². The maximum absolute atomic E-state index is 13.5. The molecule has 0 radical (unpaired) electrons. The van der Waals surface area contributed by atoms with E-state index in [1.165, 1.54) is 0 Å². The van der Waals surface area contributed by atoms with Crippen LogP contribution in [0, 0.1) is 11.8 Å². The van der Waals surface area contributed by atoms with Gasteiger partial charge in [-0.05, 0) is 68.7 Å². The lowest BCUT2D eigenvalue weighted by Crippen LogP contribution is -2.46. The number of hydrogen-bond acceptors (Lipinski definition) is 5. The summed E-state index contributed by atoms with van der Waals surface area (Å²) in [6, 6.07) is 6.80. The van der Waals surface area contributed by atoms with E-state index >= 15 is 0 Å². The van der Waals surface area contributed by atoms with Crippen molar-refractivity contribution in [2.45, 2.75) is 98.1 Å². The Hall–Kier alpha value is -2.94. The second-order valence-corrected chi connectivity index (χ2v) is 12.7. The zero-order valence-electron chi connectivity index (χ0n) is 26.5. The number of para-hydroxylation sites is 1. The summed E-state index contributed by atoms with van der Waals surface area (Å²) in [5.41, 5.74) is 1.80. The molecule has 2 atom stereocenters. The van der Waals surface area contributed by atoms with Gasteiger partial charge in [-0.25, -0.2) is 0 Å². The van der Waals surface area contributed by atoms with Crippen LogP contribution in [-0.4, -0.2) is 89.7 Å². The predicted octanol–water partition coefficient (Wildman–Crippen LogP) is 4.07. The number of rotatable bonds is 9. The highest BCUT2D eigenvalue weighted by Crippen LogP contribution is 2.26. The molecule has 1 aromatic carbocycles. The number of benzene rings is 1. The molecule has 2 aliphatic heterocycles. The average molecular weight is 584 g/mol. The maximum Gasteiger partial charge on any atom is 0.242 e. The van der Waals surface area contributed by atoms with Gasteiger partial charge in [-0.2, -0.15) is 0 Å². The van der Waals surface area contributed by atoms with Crippen LogP contribution in [0.3, 0.4) is 0 Å². The molecule has 2 bridgehead atoms. The lowest BCUT2D eigenvalue weighted by atomic mass is 10.1. The van der Waals surface area contributed by atoms with Crippen LogP contribution in [0.5, 0.6) is 0 Å². The normalized spacial score (nSPS) is 20.9. The minimum Gasteiger partial charge on any atom is -0.354 e. The number of nitrogens with one attached hydrogen (secondary N) is 2. The Balaban J connectivity index is 1.73. The summed E-state index contributed by atoms with van der Waals surface area (Å²) in [6.45, 7) is 15.0. The Morgan fingerprint density at radius 2 is 1.67 bits per heavy atom. The molecular formula is C33H53N5O4. The summed E-state index contributed by atoms with van der Waals surface area (Å²) in [6.07, 6.45) is 4.43. The second-order valence-electron chi connectivity index (χ2n) is 12.7. The first-order chi connectivity index (χ1) is 20.1. The Labute approximate surface area is 252 Å². The zero-order chi connectivity index (χ0) is 30.6. The Morgan fingerprint density at radius 1 is 0.929 bits per heavy atom. The molecule has 42 heavy (non-hydrogen) atoms. The summed E-state index contributed by atoms with van der Waals surface area (Å²) in [5, 5.41) is 5.99. The van der Waals surface area contributed by atoms with Gasteiger partial charge in [-0.3, -0.25) is 19.2 Å². The molecule has 9 heteroatoms. The van der Waals surface area contributed by atoms with Crippen LogP contribution >= 0.6 is 0 Å². The van der Waals surface area contributed by atoms with Gasteiger partial charge in [-0.1, -0.05) is 52.8 Å². The molecular weight excluding hydrogens is 530 g/mol. The topological polar surface area (TPSA) is 102 Å². The molecule has 9 nitrogen and oxygen atoms in total. The van der Waals surface area contributed by atoms with Crippen molar-refractivity contribution in [3.8, 4) is 0 Å². The van der Waals surface area contributed by atoms with E-state index in [1.54, 1.807) is 4.90 Å². The quantitative estimate of drug-likeness (QED) is 0.456. The van der Waals surface area contributed by atoms with Gasteiger partial charge >= 0.3 is 0 Å². The summed E-state index contributed by atoms with van der Waals surface area (Å²) in [7, 11) is 0. The maximum atomic E-state index is 13.5. The van der Waals surface area contributed by atoms with Crippen molar-refractivity contribution in [3.05, 3.63) is 29.8 Å². The van der Waals surface area contributed by atoms with E-state index in [1.807, 2.05) is 49.9 Å². The minimum absolute atomic E-state index is 0.0146. The first kappa shape index (κ1) is 33.6. The molecule has 2 saturated heterocycles. The minimum atomic E-state index is -0.638. The van der Waals surface area contributed by atoms with Crippen molar-refractivity contribution >= 4 is 29.3 Å². The smallest absolute Gasteiger partial charge is 0.242 e. The highest BCUT2D eigenvalue weighted by atomic mass is 16.2. The van der Waals surface area contributed by atoms with Crippen molar-refractivity contribution in [2.75, 3.05) is 44.6 Å². The fourth-order valence-corrected chi connectivity index (χ4v) is 6.13. The molecule has 234 valence electrons. The summed E-state index contributed by atoms with van der Waals surface area (Å²) in [4.78, 5) is 59.1. The molecule has 0 saturated carbocycles. The Kier molecular flexibility index (Phi) is 13.3. The number of fused-ring (bicyclic) bond motifs is 2. The van der Waals surface area contributed by atoms with Crippen molar-refractivity contribution in [1.82, 2.24) is 20.0 Å². The summed E-state index contributed by atoms with van der Waals surface area (Å²) >= 11 is 0. The third-order valence-corrected chi connectivity index (χ3v) is 8.18. The van der Waals surface area contributed by atoms with E-state index in [0.717, 1.165) is 56.6 Å². The van der Waals surface area contributed by atoms with Crippen molar-refractivity contribution in [2.24, 2.45) is 11.8 Å². The van der Waals surface area contributed by atoms with Crippen LogP contribution in [0.2, 0.25) is 0 Å². The van der Waals surface area contributed by atoms with Crippen LogP contribution in [0.25, 0.3) is 0 Å². The van der Waals surface area contributed by atoms with Crippen LogP contribution < -0.4 is 10.6 Å². The van der Waals surface area contributed by atoms with E-state index in [2.05, 4.69) is 29.4 Å². The number of carbonyl (C=O) groups excluding carboxylic acids is 4.